The number of rotatable bonds is 7. The monoisotopic (exact) mass is 384 g/mol. The fourth-order valence-corrected chi connectivity index (χ4v) is 3.09. The average molecular weight is 385 g/mol. The lowest BCUT2D eigenvalue weighted by atomic mass is 10.0. The van der Waals surface area contributed by atoms with E-state index >= 15 is 0 Å². The molecular weight excluding hydrogens is 364 g/mol. The maximum atomic E-state index is 6.14. The molecule has 1 unspecified atom stereocenters. The Morgan fingerprint density at radius 1 is 1.12 bits per heavy atom. The maximum absolute atomic E-state index is 6.14. The van der Waals surface area contributed by atoms with Crippen molar-refractivity contribution < 1.29 is 4.74 Å². The van der Waals surface area contributed by atoms with Gasteiger partial charge in [0.05, 0.1) is 12.4 Å². The molecule has 1 aromatic heterocycles. The van der Waals surface area contributed by atoms with Crippen LogP contribution in [0.15, 0.2) is 71.7 Å². The molecule has 0 aliphatic rings. The molecule has 4 heteroatoms. The molecule has 0 radical (unpaired) electrons. The van der Waals surface area contributed by atoms with Crippen molar-refractivity contribution in [1.82, 2.24) is 9.55 Å². The lowest BCUT2D eigenvalue weighted by Crippen LogP contribution is -2.10. The van der Waals surface area contributed by atoms with Gasteiger partial charge in [-0.25, -0.2) is 4.98 Å². The van der Waals surface area contributed by atoms with Crippen molar-refractivity contribution in [3.63, 3.8) is 0 Å². The van der Waals surface area contributed by atoms with Gasteiger partial charge in [0.2, 0.25) is 0 Å². The number of hydrogen-bond acceptors (Lipinski definition) is 2. The summed E-state index contributed by atoms with van der Waals surface area (Å²) in [5.41, 5.74) is 2.36. The predicted octanol–water partition coefficient (Wildman–Crippen LogP) is 5.61. The third-order valence-electron chi connectivity index (χ3n) is 4.03. The second-order valence-corrected chi connectivity index (χ2v) is 6.68. The third kappa shape index (κ3) is 4.06. The molecule has 2 aromatic carbocycles. The van der Waals surface area contributed by atoms with Crippen LogP contribution in [-0.4, -0.2) is 9.55 Å². The van der Waals surface area contributed by atoms with Crippen LogP contribution in [0.4, 0.5) is 0 Å². The van der Waals surface area contributed by atoms with Crippen LogP contribution in [0, 0.1) is 0 Å². The number of hydrogen-bond donors (Lipinski definition) is 0. The molecule has 0 amide bonds. The highest BCUT2D eigenvalue weighted by atomic mass is 79.9. The van der Waals surface area contributed by atoms with Gasteiger partial charge in [-0.2, -0.15) is 0 Å². The molecule has 124 valence electrons. The highest BCUT2D eigenvalue weighted by Crippen LogP contribution is 2.31. The number of halogens is 1. The zero-order valence-electron chi connectivity index (χ0n) is 13.7. The Balaban J connectivity index is 1.82. The molecular formula is C20H21BrN2O. The fraction of sp³-hybridized carbons (Fsp3) is 0.250. The first-order valence-electron chi connectivity index (χ1n) is 8.21. The van der Waals surface area contributed by atoms with E-state index < -0.39 is 0 Å². The van der Waals surface area contributed by atoms with Crippen LogP contribution in [0.1, 0.15) is 36.9 Å². The van der Waals surface area contributed by atoms with Gasteiger partial charge in [-0.15, -0.1) is 0 Å². The van der Waals surface area contributed by atoms with E-state index in [1.54, 1.807) is 0 Å². The zero-order chi connectivity index (χ0) is 16.8. The Bertz CT molecular complexity index is 754. The Morgan fingerprint density at radius 3 is 2.62 bits per heavy atom. The van der Waals surface area contributed by atoms with Gasteiger partial charge in [0, 0.05) is 22.4 Å². The molecule has 0 aliphatic carbocycles. The minimum atomic E-state index is 0.249. The first-order valence-corrected chi connectivity index (χ1v) is 9.01. The molecule has 0 spiro atoms. The zero-order valence-corrected chi connectivity index (χ0v) is 15.3. The van der Waals surface area contributed by atoms with Gasteiger partial charge in [0.25, 0.3) is 0 Å². The van der Waals surface area contributed by atoms with Crippen LogP contribution in [0.2, 0.25) is 0 Å². The van der Waals surface area contributed by atoms with E-state index in [1.165, 1.54) is 5.56 Å². The second-order valence-electron chi connectivity index (χ2n) is 5.77. The van der Waals surface area contributed by atoms with E-state index in [1.807, 2.05) is 43.0 Å². The molecule has 0 fully saturated rings. The van der Waals surface area contributed by atoms with Gasteiger partial charge in [0.1, 0.15) is 12.4 Å². The van der Waals surface area contributed by atoms with E-state index in [2.05, 4.69) is 56.7 Å². The quantitative estimate of drug-likeness (QED) is 0.528. The molecule has 0 aliphatic heterocycles. The number of para-hydroxylation sites is 1. The van der Waals surface area contributed by atoms with Gasteiger partial charge in [0.15, 0.2) is 0 Å². The molecule has 3 aromatic rings. The normalized spacial score (nSPS) is 12.1. The SMILES string of the molecule is CCCC(c1ccccc1OCc1ccc(Br)cc1)n1ccnc1. The van der Waals surface area contributed by atoms with Crippen LogP contribution in [0.5, 0.6) is 5.75 Å². The highest BCUT2D eigenvalue weighted by molar-refractivity contribution is 9.10. The van der Waals surface area contributed by atoms with Crippen LogP contribution in [-0.2, 0) is 6.61 Å². The Kier molecular flexibility index (Phi) is 5.70. The number of benzene rings is 2. The van der Waals surface area contributed by atoms with Gasteiger partial charge in [-0.3, -0.25) is 0 Å². The van der Waals surface area contributed by atoms with Crippen molar-refractivity contribution in [1.29, 1.82) is 0 Å². The molecule has 3 nitrogen and oxygen atoms in total. The first kappa shape index (κ1) is 16.8. The third-order valence-corrected chi connectivity index (χ3v) is 4.56. The summed E-state index contributed by atoms with van der Waals surface area (Å²) in [6.07, 6.45) is 7.88. The minimum absolute atomic E-state index is 0.249. The van der Waals surface area contributed by atoms with Crippen molar-refractivity contribution >= 4 is 15.9 Å². The second kappa shape index (κ2) is 8.15. The Morgan fingerprint density at radius 2 is 1.92 bits per heavy atom. The van der Waals surface area contributed by atoms with E-state index in [0.29, 0.717) is 6.61 Å². The predicted molar refractivity (Wildman–Crippen MR) is 100 cm³/mol. The van der Waals surface area contributed by atoms with Crippen LogP contribution in [0.3, 0.4) is 0 Å². The average Bonchev–Trinajstić information content (AvgIpc) is 3.14. The molecule has 1 atom stereocenters. The van der Waals surface area contributed by atoms with Crippen molar-refractivity contribution in [3.8, 4) is 5.75 Å². The number of imidazole rings is 1. The van der Waals surface area contributed by atoms with Gasteiger partial charge >= 0.3 is 0 Å². The molecule has 0 saturated carbocycles. The van der Waals surface area contributed by atoms with Gasteiger partial charge < -0.3 is 9.30 Å². The van der Waals surface area contributed by atoms with E-state index in [4.69, 9.17) is 4.74 Å². The standard InChI is InChI=1S/C20H21BrN2O/c1-2-5-19(23-13-12-22-15-23)18-6-3-4-7-20(18)24-14-16-8-10-17(21)11-9-16/h3-4,6-13,15,19H,2,5,14H2,1H3. The maximum Gasteiger partial charge on any atom is 0.125 e. The van der Waals surface area contributed by atoms with E-state index in [-0.39, 0.29) is 6.04 Å². The number of nitrogens with zero attached hydrogens (tertiary/aromatic N) is 2. The molecule has 1 heterocycles. The van der Waals surface area contributed by atoms with E-state index in [9.17, 15) is 0 Å². The lowest BCUT2D eigenvalue weighted by Gasteiger charge is -2.21. The molecule has 0 bridgehead atoms. The smallest absolute Gasteiger partial charge is 0.125 e. The van der Waals surface area contributed by atoms with Crippen molar-refractivity contribution in [3.05, 3.63) is 82.9 Å². The van der Waals surface area contributed by atoms with Crippen molar-refractivity contribution in [2.24, 2.45) is 0 Å². The van der Waals surface area contributed by atoms with Crippen molar-refractivity contribution in [2.75, 3.05) is 0 Å². The molecule has 0 N–H and O–H groups in total. The Labute approximate surface area is 151 Å². The minimum Gasteiger partial charge on any atom is -0.489 e. The lowest BCUT2D eigenvalue weighted by molar-refractivity contribution is 0.298. The van der Waals surface area contributed by atoms with E-state index in [0.717, 1.165) is 28.6 Å². The molecule has 0 saturated heterocycles. The molecule has 24 heavy (non-hydrogen) atoms. The summed E-state index contributed by atoms with van der Waals surface area (Å²) in [4.78, 5) is 4.20. The number of ether oxygens (including phenoxy) is 1. The highest BCUT2D eigenvalue weighted by Gasteiger charge is 2.16. The van der Waals surface area contributed by atoms with Crippen LogP contribution in [0.25, 0.3) is 0 Å². The summed E-state index contributed by atoms with van der Waals surface area (Å²) in [7, 11) is 0. The van der Waals surface area contributed by atoms with Crippen molar-refractivity contribution in [2.45, 2.75) is 32.4 Å². The van der Waals surface area contributed by atoms with Crippen LogP contribution >= 0.6 is 15.9 Å². The fourth-order valence-electron chi connectivity index (χ4n) is 2.82. The van der Waals surface area contributed by atoms with Gasteiger partial charge in [-0.1, -0.05) is 59.6 Å². The van der Waals surface area contributed by atoms with Gasteiger partial charge in [-0.05, 0) is 30.2 Å². The topological polar surface area (TPSA) is 27.1 Å². The summed E-state index contributed by atoms with van der Waals surface area (Å²) in [6, 6.07) is 16.8. The summed E-state index contributed by atoms with van der Waals surface area (Å²) >= 11 is 3.46. The first-order chi connectivity index (χ1) is 11.8. The summed E-state index contributed by atoms with van der Waals surface area (Å²) < 4.78 is 9.38. The summed E-state index contributed by atoms with van der Waals surface area (Å²) in [5.74, 6) is 0.938. The summed E-state index contributed by atoms with van der Waals surface area (Å²) in [5, 5.41) is 0. The summed E-state index contributed by atoms with van der Waals surface area (Å²) in [6.45, 7) is 2.77. The largest absolute Gasteiger partial charge is 0.489 e. The Hall–Kier alpha value is -2.07. The molecule has 3 rings (SSSR count). The number of aromatic nitrogens is 2. The van der Waals surface area contributed by atoms with Crippen LogP contribution < -0.4 is 4.74 Å².